The van der Waals surface area contributed by atoms with Gasteiger partial charge < -0.3 is 4.74 Å². The van der Waals surface area contributed by atoms with Gasteiger partial charge in [0.25, 0.3) is 0 Å². The summed E-state index contributed by atoms with van der Waals surface area (Å²) in [6, 6.07) is 16.8. The highest BCUT2D eigenvalue weighted by Gasteiger charge is 2.46. The third-order valence-corrected chi connectivity index (χ3v) is 6.01. The smallest absolute Gasteiger partial charge is 0.341 e. The predicted molar refractivity (Wildman–Crippen MR) is 121 cm³/mol. The topological polar surface area (TPSA) is 55.8 Å². The van der Waals surface area contributed by atoms with Gasteiger partial charge in [0.1, 0.15) is 0 Å². The summed E-state index contributed by atoms with van der Waals surface area (Å²) >= 11 is 0. The molecule has 1 aliphatic carbocycles. The minimum atomic E-state index is -1.01. The number of hydrogen-bond donors (Lipinski definition) is 0. The molecular weight excluding hydrogens is 390 g/mol. The molecule has 2 aromatic rings. The number of rotatable bonds is 9. The molecule has 0 heterocycles. The molecule has 5 heteroatoms. The number of nitrogens with zero attached hydrogens (tertiary/aromatic N) is 1. The minimum Gasteiger partial charge on any atom is -0.464 e. The van der Waals surface area contributed by atoms with Gasteiger partial charge in [0.2, 0.25) is 5.91 Å². The Kier molecular flexibility index (Phi) is 7.85. The Labute approximate surface area is 185 Å². The fourth-order valence-corrected chi connectivity index (χ4v) is 4.19. The van der Waals surface area contributed by atoms with Crippen LogP contribution in [0, 0.1) is 6.92 Å². The highest BCUT2D eigenvalue weighted by Crippen LogP contribution is 2.35. The maximum atomic E-state index is 12.7. The molecule has 1 saturated carbocycles. The summed E-state index contributed by atoms with van der Waals surface area (Å²) in [5, 5.41) is 1.25. The summed E-state index contributed by atoms with van der Waals surface area (Å²) in [6.07, 6.45) is 4.89. The molecule has 0 saturated heterocycles. The van der Waals surface area contributed by atoms with E-state index in [9.17, 15) is 9.59 Å². The number of benzene rings is 2. The Hall–Kier alpha value is -2.66. The van der Waals surface area contributed by atoms with Crippen LogP contribution >= 0.6 is 0 Å². The van der Waals surface area contributed by atoms with Crippen LogP contribution in [-0.2, 0) is 25.6 Å². The lowest BCUT2D eigenvalue weighted by Crippen LogP contribution is -2.46. The van der Waals surface area contributed by atoms with Crippen molar-refractivity contribution in [3.63, 3.8) is 0 Å². The fraction of sp³-hybridized carbons (Fsp3) is 0.462. The van der Waals surface area contributed by atoms with Gasteiger partial charge in [-0.1, -0.05) is 48.5 Å². The van der Waals surface area contributed by atoms with Gasteiger partial charge in [0, 0.05) is 13.5 Å². The molecule has 1 amide bonds. The minimum absolute atomic E-state index is 0.118. The summed E-state index contributed by atoms with van der Waals surface area (Å²) < 4.78 is 5.21. The van der Waals surface area contributed by atoms with Crippen LogP contribution in [0.25, 0.3) is 11.1 Å². The van der Waals surface area contributed by atoms with E-state index in [0.717, 1.165) is 25.7 Å². The first-order valence-corrected chi connectivity index (χ1v) is 11.2. The molecule has 0 atom stereocenters. The maximum absolute atomic E-state index is 12.7. The van der Waals surface area contributed by atoms with Crippen molar-refractivity contribution in [3.8, 4) is 11.1 Å². The molecule has 1 fully saturated rings. The summed E-state index contributed by atoms with van der Waals surface area (Å²) in [4.78, 5) is 31.0. The molecule has 0 aliphatic heterocycles. The van der Waals surface area contributed by atoms with Crippen LogP contribution in [0.5, 0.6) is 0 Å². The largest absolute Gasteiger partial charge is 0.464 e. The van der Waals surface area contributed by atoms with Crippen LogP contribution in [0.15, 0.2) is 48.5 Å². The van der Waals surface area contributed by atoms with Crippen LogP contribution in [0.1, 0.15) is 56.6 Å². The van der Waals surface area contributed by atoms with Gasteiger partial charge in [0.15, 0.2) is 5.60 Å². The van der Waals surface area contributed by atoms with Crippen LogP contribution in [0.3, 0.4) is 0 Å². The van der Waals surface area contributed by atoms with Crippen LogP contribution < -0.4 is 0 Å². The van der Waals surface area contributed by atoms with E-state index in [2.05, 4.69) is 37.3 Å². The van der Waals surface area contributed by atoms with E-state index < -0.39 is 5.60 Å². The van der Waals surface area contributed by atoms with Crippen molar-refractivity contribution in [2.75, 3.05) is 13.7 Å². The molecule has 5 nitrogen and oxygen atoms in total. The van der Waals surface area contributed by atoms with E-state index in [0.29, 0.717) is 25.9 Å². The van der Waals surface area contributed by atoms with Crippen molar-refractivity contribution in [2.24, 2.45) is 0 Å². The Morgan fingerprint density at radius 2 is 1.74 bits per heavy atom. The number of carbonyl (C=O) groups excluding carboxylic acids is 2. The van der Waals surface area contributed by atoms with Gasteiger partial charge in [-0.05, 0) is 74.6 Å². The van der Waals surface area contributed by atoms with Crippen molar-refractivity contribution >= 4 is 11.9 Å². The number of ether oxygens (including phenoxy) is 1. The first-order valence-electron chi connectivity index (χ1n) is 11.2. The quantitative estimate of drug-likeness (QED) is 0.408. The first-order chi connectivity index (χ1) is 14.9. The van der Waals surface area contributed by atoms with Crippen molar-refractivity contribution in [1.82, 2.24) is 5.06 Å². The van der Waals surface area contributed by atoms with Crippen molar-refractivity contribution in [3.05, 3.63) is 59.7 Å². The van der Waals surface area contributed by atoms with Gasteiger partial charge >= 0.3 is 5.97 Å². The van der Waals surface area contributed by atoms with E-state index in [1.165, 1.54) is 27.3 Å². The zero-order valence-corrected chi connectivity index (χ0v) is 18.9. The second kappa shape index (κ2) is 10.6. The zero-order valence-electron chi connectivity index (χ0n) is 18.9. The molecule has 0 bridgehead atoms. The number of amides is 1. The van der Waals surface area contributed by atoms with E-state index in [1.54, 1.807) is 14.0 Å². The van der Waals surface area contributed by atoms with E-state index >= 15 is 0 Å². The van der Waals surface area contributed by atoms with Crippen molar-refractivity contribution < 1.29 is 19.2 Å². The standard InChI is InChI=1S/C26H33NO4/c1-4-30-25(29)26(17-8-9-18-26)31-27(3)24(28)14-10-13-22-19-23(16-15-20(22)2)21-11-6-5-7-12-21/h5-7,11-12,15-16,19H,4,8-10,13-14,17-18H2,1-3H3. The lowest BCUT2D eigenvalue weighted by Gasteiger charge is -2.31. The molecule has 3 rings (SSSR count). The fourth-order valence-electron chi connectivity index (χ4n) is 4.19. The molecule has 166 valence electrons. The second-order valence-electron chi connectivity index (χ2n) is 8.27. The molecule has 2 aromatic carbocycles. The highest BCUT2D eigenvalue weighted by molar-refractivity contribution is 5.81. The average Bonchev–Trinajstić information content (AvgIpc) is 3.25. The van der Waals surface area contributed by atoms with Gasteiger partial charge in [-0.15, -0.1) is 0 Å². The number of carbonyl (C=O) groups is 2. The monoisotopic (exact) mass is 423 g/mol. The third-order valence-electron chi connectivity index (χ3n) is 6.01. The zero-order chi connectivity index (χ0) is 22.3. The van der Waals surface area contributed by atoms with Crippen LogP contribution in [0.4, 0.5) is 0 Å². The summed E-state index contributed by atoms with van der Waals surface area (Å²) in [5.74, 6) is -0.479. The van der Waals surface area contributed by atoms with Gasteiger partial charge in [-0.2, -0.15) is 0 Å². The lowest BCUT2D eigenvalue weighted by atomic mass is 9.96. The third kappa shape index (κ3) is 5.73. The highest BCUT2D eigenvalue weighted by atomic mass is 16.7. The Balaban J connectivity index is 1.57. The van der Waals surface area contributed by atoms with Crippen LogP contribution in [-0.4, -0.2) is 36.2 Å². The molecule has 0 aromatic heterocycles. The molecule has 0 unspecified atom stereocenters. The summed E-state index contributed by atoms with van der Waals surface area (Å²) in [5.41, 5.74) is 3.83. The Bertz CT molecular complexity index is 888. The summed E-state index contributed by atoms with van der Waals surface area (Å²) in [7, 11) is 1.60. The molecule has 1 aliphatic rings. The molecular formula is C26H33NO4. The van der Waals surface area contributed by atoms with Gasteiger partial charge in [-0.25, -0.2) is 9.86 Å². The molecule has 31 heavy (non-hydrogen) atoms. The van der Waals surface area contributed by atoms with Crippen molar-refractivity contribution in [2.45, 2.75) is 64.4 Å². The Morgan fingerprint density at radius 1 is 1.03 bits per heavy atom. The molecule has 0 N–H and O–H groups in total. The SMILES string of the molecule is CCOC(=O)C1(ON(C)C(=O)CCCc2cc(-c3ccccc3)ccc2C)CCCC1. The molecule has 0 spiro atoms. The number of hydroxylamine groups is 2. The summed E-state index contributed by atoms with van der Waals surface area (Å²) in [6.45, 7) is 4.19. The normalized spacial score (nSPS) is 14.9. The number of hydrogen-bond acceptors (Lipinski definition) is 4. The van der Waals surface area contributed by atoms with E-state index in [1.807, 2.05) is 18.2 Å². The van der Waals surface area contributed by atoms with Crippen LogP contribution in [0.2, 0.25) is 0 Å². The van der Waals surface area contributed by atoms with E-state index in [-0.39, 0.29) is 11.9 Å². The van der Waals surface area contributed by atoms with Crippen molar-refractivity contribution in [1.29, 1.82) is 0 Å². The maximum Gasteiger partial charge on any atom is 0.341 e. The Morgan fingerprint density at radius 3 is 2.42 bits per heavy atom. The lowest BCUT2D eigenvalue weighted by molar-refractivity contribution is -0.237. The average molecular weight is 424 g/mol. The second-order valence-corrected chi connectivity index (χ2v) is 8.27. The van der Waals surface area contributed by atoms with Gasteiger partial charge in [0.05, 0.1) is 6.61 Å². The number of esters is 1. The predicted octanol–water partition coefficient (Wildman–Crippen LogP) is 5.25. The van der Waals surface area contributed by atoms with E-state index in [4.69, 9.17) is 9.57 Å². The van der Waals surface area contributed by atoms with Gasteiger partial charge in [-0.3, -0.25) is 9.63 Å². The first kappa shape index (κ1) is 23.0. The number of aryl methyl sites for hydroxylation is 2. The molecule has 0 radical (unpaired) electrons.